The van der Waals surface area contributed by atoms with E-state index in [0.717, 1.165) is 12.8 Å². The summed E-state index contributed by atoms with van der Waals surface area (Å²) in [5.41, 5.74) is 6.07. The van der Waals surface area contributed by atoms with E-state index >= 15 is 0 Å². The lowest BCUT2D eigenvalue weighted by Crippen LogP contribution is -2.45. The summed E-state index contributed by atoms with van der Waals surface area (Å²) in [7, 11) is 0. The SMILES string of the molecule is NC(=NO)C1CCCN(C(=O)Nc2cc(Cl)ccc2Cl)C1. The Morgan fingerprint density at radius 1 is 1.48 bits per heavy atom. The molecule has 4 N–H and O–H groups in total. The number of oxime groups is 1. The van der Waals surface area contributed by atoms with Crippen molar-refractivity contribution in [1.82, 2.24) is 4.90 Å². The molecule has 6 nitrogen and oxygen atoms in total. The topological polar surface area (TPSA) is 91.0 Å². The minimum atomic E-state index is -0.283. The van der Waals surface area contributed by atoms with Crippen molar-refractivity contribution in [1.29, 1.82) is 0 Å². The van der Waals surface area contributed by atoms with Crippen LogP contribution in [-0.2, 0) is 0 Å². The van der Waals surface area contributed by atoms with E-state index in [0.29, 0.717) is 28.8 Å². The molecular formula is C13H16Cl2N4O2. The van der Waals surface area contributed by atoms with Gasteiger partial charge in [-0.3, -0.25) is 0 Å². The smallest absolute Gasteiger partial charge is 0.321 e. The van der Waals surface area contributed by atoms with E-state index in [4.69, 9.17) is 34.1 Å². The number of rotatable bonds is 2. The summed E-state index contributed by atoms with van der Waals surface area (Å²) in [5.74, 6) is 0.0117. The van der Waals surface area contributed by atoms with Crippen LogP contribution in [0.5, 0.6) is 0 Å². The molecule has 0 bridgehead atoms. The zero-order chi connectivity index (χ0) is 15.4. The normalized spacial score (nSPS) is 19.4. The van der Waals surface area contributed by atoms with Gasteiger partial charge in [0, 0.05) is 24.0 Å². The molecule has 1 aromatic carbocycles. The highest BCUT2D eigenvalue weighted by Gasteiger charge is 2.26. The van der Waals surface area contributed by atoms with Gasteiger partial charge in [0.2, 0.25) is 0 Å². The Bertz CT molecular complexity index is 565. The highest BCUT2D eigenvalue weighted by atomic mass is 35.5. The van der Waals surface area contributed by atoms with Gasteiger partial charge in [0.25, 0.3) is 0 Å². The Hall–Kier alpha value is -1.66. The number of amidine groups is 1. The first-order valence-electron chi connectivity index (χ1n) is 6.49. The maximum Gasteiger partial charge on any atom is 0.321 e. The molecule has 114 valence electrons. The highest BCUT2D eigenvalue weighted by Crippen LogP contribution is 2.26. The van der Waals surface area contributed by atoms with Crippen molar-refractivity contribution in [2.45, 2.75) is 12.8 Å². The van der Waals surface area contributed by atoms with Crippen molar-refractivity contribution in [2.75, 3.05) is 18.4 Å². The molecule has 8 heteroatoms. The summed E-state index contributed by atoms with van der Waals surface area (Å²) < 4.78 is 0. The van der Waals surface area contributed by atoms with Gasteiger partial charge >= 0.3 is 6.03 Å². The lowest BCUT2D eigenvalue weighted by atomic mass is 9.97. The first kappa shape index (κ1) is 15.7. The summed E-state index contributed by atoms with van der Waals surface area (Å²) in [6.07, 6.45) is 1.58. The summed E-state index contributed by atoms with van der Waals surface area (Å²) in [6.45, 7) is 1.01. The van der Waals surface area contributed by atoms with Crippen molar-refractivity contribution in [3.8, 4) is 0 Å². The second-order valence-electron chi connectivity index (χ2n) is 4.86. The molecule has 0 radical (unpaired) electrons. The number of carbonyl (C=O) groups is 1. The Balaban J connectivity index is 2.04. The summed E-state index contributed by atoms with van der Waals surface area (Å²) in [5, 5.41) is 15.4. The van der Waals surface area contributed by atoms with E-state index in [-0.39, 0.29) is 17.8 Å². The molecule has 1 aromatic rings. The molecule has 0 aromatic heterocycles. The van der Waals surface area contributed by atoms with Crippen molar-refractivity contribution in [3.05, 3.63) is 28.2 Å². The maximum atomic E-state index is 12.3. The number of piperidine rings is 1. The van der Waals surface area contributed by atoms with Crippen LogP contribution in [0, 0.1) is 5.92 Å². The third-order valence-electron chi connectivity index (χ3n) is 3.41. The van der Waals surface area contributed by atoms with Crippen molar-refractivity contribution < 1.29 is 10.0 Å². The number of hydrogen-bond donors (Lipinski definition) is 3. The molecule has 0 saturated carbocycles. The fourth-order valence-corrected chi connectivity index (χ4v) is 2.61. The number of urea groups is 1. The van der Waals surface area contributed by atoms with E-state index in [9.17, 15) is 4.79 Å². The van der Waals surface area contributed by atoms with E-state index < -0.39 is 0 Å². The third kappa shape index (κ3) is 3.92. The molecule has 1 unspecified atom stereocenters. The first-order valence-corrected chi connectivity index (χ1v) is 7.25. The Morgan fingerprint density at radius 3 is 2.95 bits per heavy atom. The average Bonchev–Trinajstić information content (AvgIpc) is 2.50. The fourth-order valence-electron chi connectivity index (χ4n) is 2.27. The lowest BCUT2D eigenvalue weighted by Gasteiger charge is -2.32. The number of halogens is 2. The number of amides is 2. The Labute approximate surface area is 132 Å². The van der Waals surface area contributed by atoms with E-state index in [2.05, 4.69) is 10.5 Å². The number of carbonyl (C=O) groups excluding carboxylic acids is 1. The van der Waals surface area contributed by atoms with Gasteiger partial charge in [-0.15, -0.1) is 0 Å². The molecule has 1 saturated heterocycles. The van der Waals surface area contributed by atoms with Gasteiger partial charge in [0.05, 0.1) is 10.7 Å². The van der Waals surface area contributed by atoms with Crippen LogP contribution in [0.25, 0.3) is 0 Å². The Kier molecular flexibility index (Phi) is 5.14. The van der Waals surface area contributed by atoms with Crippen molar-refractivity contribution >= 4 is 40.8 Å². The average molecular weight is 331 g/mol. The number of nitrogens with two attached hydrogens (primary N) is 1. The van der Waals surface area contributed by atoms with Crippen LogP contribution in [0.1, 0.15) is 12.8 Å². The number of anilines is 1. The molecule has 0 aliphatic carbocycles. The van der Waals surface area contributed by atoms with Crippen LogP contribution >= 0.6 is 23.2 Å². The van der Waals surface area contributed by atoms with E-state index in [1.54, 1.807) is 23.1 Å². The molecular weight excluding hydrogens is 315 g/mol. The maximum absolute atomic E-state index is 12.3. The van der Waals surface area contributed by atoms with Gasteiger partial charge in [-0.25, -0.2) is 4.79 Å². The summed E-state index contributed by atoms with van der Waals surface area (Å²) >= 11 is 11.9. The summed E-state index contributed by atoms with van der Waals surface area (Å²) in [6, 6.07) is 4.57. The van der Waals surface area contributed by atoms with Gasteiger partial charge < -0.3 is 21.2 Å². The molecule has 1 aliphatic rings. The first-order chi connectivity index (χ1) is 10.0. The number of likely N-dealkylation sites (tertiary alicyclic amines) is 1. The van der Waals surface area contributed by atoms with Crippen LogP contribution < -0.4 is 11.1 Å². The molecule has 1 fully saturated rings. The van der Waals surface area contributed by atoms with Gasteiger partial charge in [-0.1, -0.05) is 28.4 Å². The van der Waals surface area contributed by atoms with Gasteiger partial charge in [-0.05, 0) is 31.0 Å². The van der Waals surface area contributed by atoms with Gasteiger partial charge in [-0.2, -0.15) is 0 Å². The zero-order valence-electron chi connectivity index (χ0n) is 11.2. The van der Waals surface area contributed by atoms with Gasteiger partial charge in [0.1, 0.15) is 5.84 Å². The zero-order valence-corrected chi connectivity index (χ0v) is 12.7. The predicted octanol–water partition coefficient (Wildman–Crippen LogP) is 2.98. The monoisotopic (exact) mass is 330 g/mol. The van der Waals surface area contributed by atoms with Crippen molar-refractivity contribution in [3.63, 3.8) is 0 Å². The van der Waals surface area contributed by atoms with E-state index in [1.165, 1.54) is 0 Å². The number of nitrogens with one attached hydrogen (secondary N) is 1. The molecule has 2 amide bonds. The minimum absolute atomic E-state index is 0.135. The van der Waals surface area contributed by atoms with Crippen LogP contribution in [0.15, 0.2) is 23.4 Å². The lowest BCUT2D eigenvalue weighted by molar-refractivity contribution is 0.190. The van der Waals surface area contributed by atoms with Crippen molar-refractivity contribution in [2.24, 2.45) is 16.8 Å². The van der Waals surface area contributed by atoms with Crippen LogP contribution in [0.2, 0.25) is 10.0 Å². The second-order valence-corrected chi connectivity index (χ2v) is 5.71. The molecule has 1 aliphatic heterocycles. The quantitative estimate of drug-likeness (QED) is 0.337. The van der Waals surface area contributed by atoms with Gasteiger partial charge in [0.15, 0.2) is 0 Å². The van der Waals surface area contributed by atoms with E-state index in [1.807, 2.05) is 0 Å². The summed E-state index contributed by atoms with van der Waals surface area (Å²) in [4.78, 5) is 13.9. The van der Waals surface area contributed by atoms with Crippen LogP contribution in [-0.4, -0.2) is 35.1 Å². The molecule has 21 heavy (non-hydrogen) atoms. The fraction of sp³-hybridized carbons (Fsp3) is 0.385. The number of benzene rings is 1. The largest absolute Gasteiger partial charge is 0.409 e. The molecule has 2 rings (SSSR count). The minimum Gasteiger partial charge on any atom is -0.409 e. The standard InChI is InChI=1S/C13H16Cl2N4O2/c14-9-3-4-10(15)11(6-9)17-13(20)19-5-1-2-8(7-19)12(16)18-21/h3-4,6,8,21H,1-2,5,7H2,(H2,16,18)(H,17,20). The highest BCUT2D eigenvalue weighted by molar-refractivity contribution is 6.35. The number of nitrogens with zero attached hydrogens (tertiary/aromatic N) is 2. The molecule has 0 spiro atoms. The predicted molar refractivity (Wildman–Crippen MR) is 83.2 cm³/mol. The number of hydrogen-bond acceptors (Lipinski definition) is 3. The second kappa shape index (κ2) is 6.87. The molecule has 1 heterocycles. The van der Waals surface area contributed by atoms with Crippen LogP contribution in [0.3, 0.4) is 0 Å². The Morgan fingerprint density at radius 2 is 2.24 bits per heavy atom. The molecule has 1 atom stereocenters. The third-order valence-corrected chi connectivity index (χ3v) is 3.98. The van der Waals surface area contributed by atoms with Crippen LogP contribution in [0.4, 0.5) is 10.5 Å².